The highest BCUT2D eigenvalue weighted by Gasteiger charge is 2.39. The van der Waals surface area contributed by atoms with Crippen LogP contribution < -0.4 is 0 Å². The fourth-order valence-corrected chi connectivity index (χ4v) is 1.26. The lowest BCUT2D eigenvalue weighted by Gasteiger charge is -2.03. The van der Waals surface area contributed by atoms with E-state index in [1.165, 1.54) is 0 Å². The maximum absolute atomic E-state index is 11.9. The third-order valence-corrected chi connectivity index (χ3v) is 2.10. The molecule has 56 valence electrons. The molecule has 0 aromatic heterocycles. The van der Waals surface area contributed by atoms with Gasteiger partial charge in [-0.05, 0) is 6.42 Å². The van der Waals surface area contributed by atoms with Crippen molar-refractivity contribution >= 4 is 8.99 Å². The second-order valence-corrected chi connectivity index (χ2v) is 3.75. The summed E-state index contributed by atoms with van der Waals surface area (Å²) in [4.78, 5) is 0. The lowest BCUT2D eigenvalue weighted by atomic mass is 10.4. The molecule has 0 atom stereocenters. The Kier molecular flexibility index (Phi) is 3.88. The summed E-state index contributed by atoms with van der Waals surface area (Å²) >= 11 is 0. The smallest absolute Gasteiger partial charge is 0.239 e. The fraction of sp³-hybridized carbons (Fsp3) is 1.00. The van der Waals surface area contributed by atoms with Gasteiger partial charge in [0.25, 0.3) is 0 Å². The molecule has 0 rings (SSSR count). The van der Waals surface area contributed by atoms with E-state index in [2.05, 4.69) is 4.63 Å². The van der Waals surface area contributed by atoms with Crippen molar-refractivity contribution in [1.82, 2.24) is 0 Å². The van der Waals surface area contributed by atoms with Gasteiger partial charge in [0, 0.05) is 6.04 Å². The number of unbranched alkanes of at least 4 members (excludes halogenated alkanes) is 1. The summed E-state index contributed by atoms with van der Waals surface area (Å²) in [5, 5.41) is 0. The Morgan fingerprint density at radius 3 is 2.33 bits per heavy atom. The molecule has 0 heterocycles. The first-order valence-electron chi connectivity index (χ1n) is 2.80. The molecule has 0 aromatic rings. The van der Waals surface area contributed by atoms with Gasteiger partial charge in [-0.1, -0.05) is 17.9 Å². The van der Waals surface area contributed by atoms with Crippen molar-refractivity contribution in [1.29, 1.82) is 0 Å². The molecule has 1 nitrogen and oxygen atoms in total. The lowest BCUT2D eigenvalue weighted by Crippen LogP contribution is -2.22. The van der Waals surface area contributed by atoms with Crippen LogP contribution in [-0.4, -0.2) is 8.99 Å². The number of hydrogen-bond acceptors (Lipinski definition) is 1. The summed E-state index contributed by atoms with van der Waals surface area (Å²) in [6.07, 6.45) is 0.981. The second-order valence-electron chi connectivity index (χ2n) is 1.82. The predicted octanol–water partition coefficient (Wildman–Crippen LogP) is 2.57. The zero-order valence-corrected chi connectivity index (χ0v) is 6.16. The van der Waals surface area contributed by atoms with Crippen molar-refractivity contribution in [3.05, 3.63) is 0 Å². The van der Waals surface area contributed by atoms with Gasteiger partial charge in [-0.25, -0.2) is 8.22 Å². The standard InChI is InChI=1S/C4H9F3OSi/c1-2-3-4-9(6,7)8-5/h2-4H2,1H3. The normalized spacial score (nSPS) is 12.0. The molecule has 9 heavy (non-hydrogen) atoms. The van der Waals surface area contributed by atoms with Crippen LogP contribution in [0.3, 0.4) is 0 Å². The Bertz CT molecular complexity index is 78.2. The van der Waals surface area contributed by atoms with Crippen molar-refractivity contribution in [3.8, 4) is 0 Å². The van der Waals surface area contributed by atoms with E-state index in [1.54, 1.807) is 6.92 Å². The quantitative estimate of drug-likeness (QED) is 0.451. The molecular formula is C4H9F3OSi. The molecule has 5 heteroatoms. The first-order valence-corrected chi connectivity index (χ1v) is 4.67. The van der Waals surface area contributed by atoms with Gasteiger partial charge in [0.15, 0.2) is 0 Å². The van der Waals surface area contributed by atoms with Crippen molar-refractivity contribution in [2.45, 2.75) is 25.8 Å². The largest absolute Gasteiger partial charge is 0.610 e. The summed E-state index contributed by atoms with van der Waals surface area (Å²) in [6, 6.07) is -0.403. The molecule has 0 aromatic carbocycles. The topological polar surface area (TPSA) is 9.23 Å². The van der Waals surface area contributed by atoms with Crippen LogP contribution in [0.25, 0.3) is 0 Å². The van der Waals surface area contributed by atoms with Gasteiger partial charge >= 0.3 is 8.99 Å². The molecule has 0 N–H and O–H groups in total. The van der Waals surface area contributed by atoms with Crippen LogP contribution in [0.1, 0.15) is 19.8 Å². The minimum absolute atomic E-state index is 0.336. The van der Waals surface area contributed by atoms with E-state index in [0.29, 0.717) is 12.8 Å². The van der Waals surface area contributed by atoms with Crippen molar-refractivity contribution in [2.24, 2.45) is 0 Å². The van der Waals surface area contributed by atoms with Gasteiger partial charge in [-0.15, -0.1) is 0 Å². The van der Waals surface area contributed by atoms with Crippen LogP contribution in [-0.2, 0) is 4.63 Å². The van der Waals surface area contributed by atoms with Gasteiger partial charge in [-0.2, -0.15) is 4.63 Å². The number of halogens is 3. The number of hydrogen-bond donors (Lipinski definition) is 0. The van der Waals surface area contributed by atoms with Gasteiger partial charge in [0.05, 0.1) is 0 Å². The summed E-state index contributed by atoms with van der Waals surface area (Å²) in [7, 11) is -4.86. The van der Waals surface area contributed by atoms with E-state index in [9.17, 15) is 12.7 Å². The van der Waals surface area contributed by atoms with Crippen molar-refractivity contribution < 1.29 is 17.4 Å². The van der Waals surface area contributed by atoms with E-state index < -0.39 is 15.0 Å². The first kappa shape index (κ1) is 8.97. The lowest BCUT2D eigenvalue weighted by molar-refractivity contribution is -0.0514. The molecular weight excluding hydrogens is 149 g/mol. The molecule has 0 aliphatic heterocycles. The van der Waals surface area contributed by atoms with Crippen LogP contribution in [0.5, 0.6) is 0 Å². The van der Waals surface area contributed by atoms with E-state index in [-0.39, 0.29) is 0 Å². The van der Waals surface area contributed by atoms with Crippen LogP contribution in [0.15, 0.2) is 0 Å². The second kappa shape index (κ2) is 3.89. The monoisotopic (exact) mass is 158 g/mol. The maximum Gasteiger partial charge on any atom is 0.610 e. The molecule has 0 amide bonds. The summed E-state index contributed by atoms with van der Waals surface area (Å²) in [6.45, 7) is 1.77. The third-order valence-electron chi connectivity index (χ3n) is 0.934. The highest BCUT2D eigenvalue weighted by Crippen LogP contribution is 2.18. The average molecular weight is 158 g/mol. The van der Waals surface area contributed by atoms with E-state index in [1.807, 2.05) is 0 Å². The summed E-state index contributed by atoms with van der Waals surface area (Å²) < 4.78 is 37.2. The van der Waals surface area contributed by atoms with Gasteiger partial charge in [-0.3, -0.25) is 0 Å². The summed E-state index contributed by atoms with van der Waals surface area (Å²) in [5.41, 5.74) is 0. The Hall–Kier alpha value is -0.0331. The minimum Gasteiger partial charge on any atom is -0.239 e. The van der Waals surface area contributed by atoms with Crippen LogP contribution in [0, 0.1) is 0 Å². The molecule has 0 saturated carbocycles. The molecule has 0 unspecified atom stereocenters. The van der Waals surface area contributed by atoms with Crippen LogP contribution in [0.4, 0.5) is 12.7 Å². The molecule has 0 radical (unpaired) electrons. The van der Waals surface area contributed by atoms with Crippen LogP contribution in [0.2, 0.25) is 6.04 Å². The van der Waals surface area contributed by atoms with Gasteiger partial charge in [0.2, 0.25) is 0 Å². The Morgan fingerprint density at radius 1 is 1.44 bits per heavy atom. The molecule has 0 aliphatic rings. The third kappa shape index (κ3) is 4.47. The van der Waals surface area contributed by atoms with Gasteiger partial charge in [0.1, 0.15) is 0 Å². The van der Waals surface area contributed by atoms with Gasteiger partial charge < -0.3 is 0 Å². The van der Waals surface area contributed by atoms with E-state index in [4.69, 9.17) is 0 Å². The highest BCUT2D eigenvalue weighted by atomic mass is 28.4. The van der Waals surface area contributed by atoms with Crippen molar-refractivity contribution in [2.75, 3.05) is 0 Å². The van der Waals surface area contributed by atoms with E-state index >= 15 is 0 Å². The van der Waals surface area contributed by atoms with Crippen molar-refractivity contribution in [3.63, 3.8) is 0 Å². The highest BCUT2D eigenvalue weighted by molar-refractivity contribution is 6.58. The SMILES string of the molecule is CCCC[Si](F)(F)OF. The maximum atomic E-state index is 11.9. The minimum atomic E-state index is -4.86. The average Bonchev–Trinajstić information content (AvgIpc) is 1.84. The summed E-state index contributed by atoms with van der Waals surface area (Å²) in [5.74, 6) is 0. The first-order chi connectivity index (χ1) is 4.12. The fourth-order valence-electron chi connectivity index (χ4n) is 0.421. The number of rotatable bonds is 4. The van der Waals surface area contributed by atoms with E-state index in [0.717, 1.165) is 0 Å². The predicted molar refractivity (Wildman–Crippen MR) is 29.9 cm³/mol. The molecule has 0 spiro atoms. The molecule has 0 bridgehead atoms. The molecule has 0 aliphatic carbocycles. The molecule has 0 fully saturated rings. The Morgan fingerprint density at radius 2 is 2.00 bits per heavy atom. The Balaban J connectivity index is 3.33. The molecule has 0 saturated heterocycles. The zero-order valence-electron chi connectivity index (χ0n) is 5.16. The Labute approximate surface area is 53.2 Å². The zero-order chi connectivity index (χ0) is 7.33. The van der Waals surface area contributed by atoms with Crippen LogP contribution >= 0.6 is 0 Å².